The van der Waals surface area contributed by atoms with Crippen molar-refractivity contribution in [3.8, 4) is 0 Å². The zero-order valence-corrected chi connectivity index (χ0v) is 10.5. The number of hydrogen-bond acceptors (Lipinski definition) is 4. The number of carbonyl (C=O) groups is 2. The number of halogens is 1. The van der Waals surface area contributed by atoms with Crippen LogP contribution in [-0.2, 0) is 14.3 Å². The van der Waals surface area contributed by atoms with Gasteiger partial charge in [-0.25, -0.2) is 4.39 Å². The molecule has 0 saturated heterocycles. The molecule has 0 N–H and O–H groups in total. The Bertz CT molecular complexity index is 503. The largest absolute Gasteiger partial charge is 0.382 e. The summed E-state index contributed by atoms with van der Waals surface area (Å²) in [4.78, 5) is 24.6. The highest BCUT2D eigenvalue weighted by Gasteiger charge is 2.37. The van der Waals surface area contributed by atoms with Gasteiger partial charge in [0.25, 0.3) is 11.7 Å². The minimum absolute atomic E-state index is 0.0489. The average molecular weight is 267 g/mol. The van der Waals surface area contributed by atoms with E-state index in [1.807, 2.05) is 0 Å². The number of ketones is 1. The molecule has 0 atom stereocenters. The van der Waals surface area contributed by atoms with Crippen molar-refractivity contribution in [3.05, 3.63) is 29.6 Å². The number of rotatable bonds is 6. The molecule has 0 bridgehead atoms. The number of benzene rings is 1. The molecule has 0 unspecified atom stereocenters. The van der Waals surface area contributed by atoms with Gasteiger partial charge in [0.15, 0.2) is 0 Å². The van der Waals surface area contributed by atoms with Crippen molar-refractivity contribution in [1.82, 2.24) is 0 Å². The van der Waals surface area contributed by atoms with Crippen LogP contribution < -0.4 is 4.90 Å². The molecule has 0 spiro atoms. The average Bonchev–Trinajstić information content (AvgIpc) is 2.65. The zero-order chi connectivity index (χ0) is 13.8. The molecule has 6 heteroatoms. The lowest BCUT2D eigenvalue weighted by Gasteiger charge is -2.16. The van der Waals surface area contributed by atoms with E-state index in [2.05, 4.69) is 0 Å². The smallest absolute Gasteiger partial charge is 0.299 e. The third kappa shape index (κ3) is 2.64. The molecule has 0 radical (unpaired) electrons. The van der Waals surface area contributed by atoms with Gasteiger partial charge in [-0.15, -0.1) is 0 Å². The molecule has 1 aromatic carbocycles. The number of amides is 1. The monoisotopic (exact) mass is 267 g/mol. The topological polar surface area (TPSA) is 55.8 Å². The van der Waals surface area contributed by atoms with E-state index in [9.17, 15) is 14.0 Å². The van der Waals surface area contributed by atoms with E-state index >= 15 is 0 Å². The SMILES string of the molecule is COCCOCCN1C(=O)C(=O)c2cccc(F)c21. The first-order valence-electron chi connectivity index (χ1n) is 5.88. The maximum absolute atomic E-state index is 13.7. The second-order valence-corrected chi connectivity index (χ2v) is 4.03. The van der Waals surface area contributed by atoms with Crippen LogP contribution in [0.5, 0.6) is 0 Å². The lowest BCUT2D eigenvalue weighted by molar-refractivity contribution is -0.114. The Hall–Kier alpha value is -1.79. The second-order valence-electron chi connectivity index (χ2n) is 4.03. The molecule has 1 heterocycles. The normalized spacial score (nSPS) is 14.1. The molecule has 19 heavy (non-hydrogen) atoms. The van der Waals surface area contributed by atoms with Gasteiger partial charge in [-0.05, 0) is 12.1 Å². The summed E-state index contributed by atoms with van der Waals surface area (Å²) in [7, 11) is 1.55. The summed E-state index contributed by atoms with van der Waals surface area (Å²) in [6, 6.07) is 4.09. The standard InChI is InChI=1S/C13H14FNO4/c1-18-7-8-19-6-5-15-11-9(12(16)13(15)17)3-2-4-10(11)14/h2-4H,5-8H2,1H3. The van der Waals surface area contributed by atoms with Crippen LogP contribution in [-0.4, -0.2) is 45.2 Å². The molecular formula is C13H14FNO4. The Morgan fingerprint density at radius 3 is 2.74 bits per heavy atom. The number of carbonyl (C=O) groups excluding carboxylic acids is 2. The van der Waals surface area contributed by atoms with Gasteiger partial charge in [0.1, 0.15) is 5.82 Å². The van der Waals surface area contributed by atoms with Crippen LogP contribution >= 0.6 is 0 Å². The minimum atomic E-state index is -0.713. The van der Waals surface area contributed by atoms with Crippen LogP contribution in [0.2, 0.25) is 0 Å². The van der Waals surface area contributed by atoms with E-state index < -0.39 is 17.5 Å². The molecule has 1 amide bonds. The number of hydrogen-bond donors (Lipinski definition) is 0. The fourth-order valence-corrected chi connectivity index (χ4v) is 1.93. The van der Waals surface area contributed by atoms with Crippen LogP contribution in [0.25, 0.3) is 0 Å². The van der Waals surface area contributed by atoms with Crippen LogP contribution in [0.15, 0.2) is 18.2 Å². The minimum Gasteiger partial charge on any atom is -0.382 e. The molecule has 102 valence electrons. The summed E-state index contributed by atoms with van der Waals surface area (Å²) in [5.41, 5.74) is 0.162. The first-order valence-corrected chi connectivity index (χ1v) is 5.88. The lowest BCUT2D eigenvalue weighted by atomic mass is 10.1. The second kappa shape index (κ2) is 5.90. The van der Waals surface area contributed by atoms with Crippen molar-refractivity contribution >= 4 is 17.4 Å². The van der Waals surface area contributed by atoms with E-state index in [-0.39, 0.29) is 24.4 Å². The maximum atomic E-state index is 13.7. The number of nitrogens with zero attached hydrogens (tertiary/aromatic N) is 1. The third-order valence-corrected chi connectivity index (χ3v) is 2.83. The van der Waals surface area contributed by atoms with Crippen molar-refractivity contribution in [1.29, 1.82) is 0 Å². The van der Waals surface area contributed by atoms with E-state index in [0.717, 1.165) is 4.90 Å². The number of anilines is 1. The molecular weight excluding hydrogens is 253 g/mol. The zero-order valence-electron chi connectivity index (χ0n) is 10.5. The molecule has 2 rings (SSSR count). The van der Waals surface area contributed by atoms with Crippen molar-refractivity contribution < 1.29 is 23.5 Å². The van der Waals surface area contributed by atoms with Gasteiger partial charge >= 0.3 is 0 Å². The Balaban J connectivity index is 2.06. The number of para-hydroxylation sites is 1. The molecule has 0 saturated carbocycles. The predicted octanol–water partition coefficient (Wildman–Crippen LogP) is 1.02. The van der Waals surface area contributed by atoms with E-state index in [1.165, 1.54) is 18.2 Å². The van der Waals surface area contributed by atoms with E-state index in [0.29, 0.717) is 13.2 Å². The summed E-state index contributed by atoms with van der Waals surface area (Å²) in [6.45, 7) is 1.19. The van der Waals surface area contributed by atoms with E-state index in [1.54, 1.807) is 7.11 Å². The van der Waals surface area contributed by atoms with Gasteiger partial charge in [0, 0.05) is 13.7 Å². The predicted molar refractivity (Wildman–Crippen MR) is 65.8 cm³/mol. The van der Waals surface area contributed by atoms with Crippen molar-refractivity contribution in [2.45, 2.75) is 0 Å². The summed E-state index contributed by atoms with van der Waals surface area (Å²) in [6.07, 6.45) is 0. The quantitative estimate of drug-likeness (QED) is 0.570. The number of fused-ring (bicyclic) bond motifs is 1. The van der Waals surface area contributed by atoms with Crippen molar-refractivity contribution in [2.75, 3.05) is 38.4 Å². The highest BCUT2D eigenvalue weighted by molar-refractivity contribution is 6.52. The molecule has 0 aliphatic carbocycles. The first-order chi connectivity index (χ1) is 9.16. The van der Waals surface area contributed by atoms with Gasteiger partial charge < -0.3 is 9.47 Å². The number of ether oxygens (including phenoxy) is 2. The van der Waals surface area contributed by atoms with Gasteiger partial charge in [-0.2, -0.15) is 0 Å². The fraction of sp³-hybridized carbons (Fsp3) is 0.385. The van der Waals surface area contributed by atoms with Gasteiger partial charge in [-0.1, -0.05) is 6.07 Å². The van der Waals surface area contributed by atoms with Gasteiger partial charge in [-0.3, -0.25) is 14.5 Å². The third-order valence-electron chi connectivity index (χ3n) is 2.83. The first kappa shape index (κ1) is 13.6. The Kier molecular flexibility index (Phi) is 4.24. The summed E-state index contributed by atoms with van der Waals surface area (Å²) in [5.74, 6) is -1.96. The van der Waals surface area contributed by atoms with Crippen molar-refractivity contribution in [2.24, 2.45) is 0 Å². The van der Waals surface area contributed by atoms with Crippen LogP contribution in [0.4, 0.5) is 10.1 Å². The van der Waals surface area contributed by atoms with Crippen LogP contribution in [0.1, 0.15) is 10.4 Å². The number of methoxy groups -OCH3 is 1. The summed E-state index contributed by atoms with van der Waals surface area (Å²) in [5, 5.41) is 0. The molecule has 1 aromatic rings. The van der Waals surface area contributed by atoms with Gasteiger partial charge in [0.05, 0.1) is 31.1 Å². The van der Waals surface area contributed by atoms with E-state index in [4.69, 9.17) is 9.47 Å². The molecule has 1 aliphatic rings. The van der Waals surface area contributed by atoms with Crippen LogP contribution in [0.3, 0.4) is 0 Å². The maximum Gasteiger partial charge on any atom is 0.299 e. The van der Waals surface area contributed by atoms with Crippen molar-refractivity contribution in [3.63, 3.8) is 0 Å². The lowest BCUT2D eigenvalue weighted by Crippen LogP contribution is -2.33. The molecule has 1 aliphatic heterocycles. The molecule has 5 nitrogen and oxygen atoms in total. The van der Waals surface area contributed by atoms with Crippen LogP contribution in [0, 0.1) is 5.82 Å². The molecule has 0 aromatic heterocycles. The summed E-state index contributed by atoms with van der Waals surface area (Å²) < 4.78 is 23.7. The Morgan fingerprint density at radius 2 is 2.00 bits per heavy atom. The Labute approximate surface area is 109 Å². The highest BCUT2D eigenvalue weighted by atomic mass is 19.1. The molecule has 0 fully saturated rings. The summed E-state index contributed by atoms with van der Waals surface area (Å²) >= 11 is 0. The Morgan fingerprint density at radius 1 is 1.21 bits per heavy atom. The highest BCUT2D eigenvalue weighted by Crippen LogP contribution is 2.31. The number of Topliss-reactive ketones (excluding diaryl/α,β-unsaturated/α-hetero) is 1. The fourth-order valence-electron chi connectivity index (χ4n) is 1.93. The van der Waals surface area contributed by atoms with Gasteiger partial charge in [0.2, 0.25) is 0 Å².